The molecule has 120 valence electrons. The summed E-state index contributed by atoms with van der Waals surface area (Å²) in [6, 6.07) is 9.63. The van der Waals surface area contributed by atoms with E-state index in [1.807, 2.05) is 25.3 Å². The molecule has 0 saturated heterocycles. The first kappa shape index (κ1) is 18.0. The fraction of sp³-hybridized carbons (Fsp3) is 0.294. The van der Waals surface area contributed by atoms with E-state index in [4.69, 9.17) is 11.6 Å². The zero-order chi connectivity index (χ0) is 17.0. The van der Waals surface area contributed by atoms with Crippen LogP contribution in [-0.2, 0) is 4.79 Å². The highest BCUT2D eigenvalue weighted by Crippen LogP contribution is 2.41. The Balaban J connectivity index is 2.58. The summed E-state index contributed by atoms with van der Waals surface area (Å²) in [5.41, 5.74) is 2.93. The largest absolute Gasteiger partial charge is 0.353 e. The summed E-state index contributed by atoms with van der Waals surface area (Å²) >= 11 is 9.25. The number of thioether (sulfide) groups is 2. The molecule has 1 atom stereocenters. The van der Waals surface area contributed by atoms with Gasteiger partial charge in [0.2, 0.25) is 0 Å². The molecule has 1 aliphatic heterocycles. The van der Waals surface area contributed by atoms with Crippen LogP contribution in [0.1, 0.15) is 25.3 Å². The number of nitrogens with zero attached hydrogens (tertiary/aromatic N) is 1. The second kappa shape index (κ2) is 7.96. The Hall–Kier alpha value is -1.35. The summed E-state index contributed by atoms with van der Waals surface area (Å²) in [6.07, 6.45) is 2.02. The van der Waals surface area contributed by atoms with Gasteiger partial charge in [-0.15, -0.1) is 0 Å². The molecule has 1 heterocycles. The van der Waals surface area contributed by atoms with Crippen LogP contribution in [0.25, 0.3) is 0 Å². The minimum atomic E-state index is -0.347. The zero-order valence-electron chi connectivity index (χ0n) is 13.1. The van der Waals surface area contributed by atoms with Crippen LogP contribution >= 0.6 is 35.1 Å². The molecule has 1 aliphatic rings. The van der Waals surface area contributed by atoms with Gasteiger partial charge in [0.25, 0.3) is 0 Å². The van der Waals surface area contributed by atoms with Gasteiger partial charge in [0.15, 0.2) is 5.78 Å². The SMILES string of the molecule is CSCSC1=C(C#N)[C@H](c2ccc(Cl)cc2)C(C(C)=O)=C(C)N1. The van der Waals surface area contributed by atoms with Gasteiger partial charge in [-0.2, -0.15) is 17.0 Å². The number of nitriles is 1. The molecule has 1 aromatic rings. The van der Waals surface area contributed by atoms with Gasteiger partial charge in [0.1, 0.15) is 0 Å². The molecule has 0 aliphatic carbocycles. The van der Waals surface area contributed by atoms with Gasteiger partial charge in [0.05, 0.1) is 22.6 Å². The molecule has 0 radical (unpaired) electrons. The first-order valence-electron chi connectivity index (χ1n) is 6.99. The van der Waals surface area contributed by atoms with Crippen molar-refractivity contribution in [2.45, 2.75) is 19.8 Å². The second-order valence-electron chi connectivity index (χ2n) is 5.11. The van der Waals surface area contributed by atoms with Gasteiger partial charge in [-0.1, -0.05) is 35.5 Å². The summed E-state index contributed by atoms with van der Waals surface area (Å²) in [6.45, 7) is 3.42. The monoisotopic (exact) mass is 364 g/mol. The first-order chi connectivity index (χ1) is 11.0. The summed E-state index contributed by atoms with van der Waals surface area (Å²) in [7, 11) is 0. The fourth-order valence-electron chi connectivity index (χ4n) is 2.60. The molecule has 0 spiro atoms. The summed E-state index contributed by atoms with van der Waals surface area (Å²) in [4.78, 5) is 12.2. The van der Waals surface area contributed by atoms with Crippen LogP contribution in [0.15, 0.2) is 46.1 Å². The Morgan fingerprint density at radius 1 is 1.39 bits per heavy atom. The van der Waals surface area contributed by atoms with E-state index in [1.54, 1.807) is 42.6 Å². The molecular weight excluding hydrogens is 348 g/mol. The normalized spacial score (nSPS) is 17.8. The Bertz CT molecular complexity index is 717. The topological polar surface area (TPSA) is 52.9 Å². The predicted octanol–water partition coefficient (Wildman–Crippen LogP) is 4.68. The lowest BCUT2D eigenvalue weighted by molar-refractivity contribution is -0.113. The van der Waals surface area contributed by atoms with Crippen molar-refractivity contribution >= 4 is 40.9 Å². The average molecular weight is 365 g/mol. The lowest BCUT2D eigenvalue weighted by Crippen LogP contribution is -2.27. The maximum Gasteiger partial charge on any atom is 0.158 e. The van der Waals surface area contributed by atoms with Crippen molar-refractivity contribution in [3.63, 3.8) is 0 Å². The molecule has 1 aromatic carbocycles. The third-order valence-corrected chi connectivity index (χ3v) is 5.83. The predicted molar refractivity (Wildman–Crippen MR) is 99.3 cm³/mol. The highest BCUT2D eigenvalue weighted by molar-refractivity contribution is 8.17. The van der Waals surface area contributed by atoms with Gasteiger partial charge in [-0.3, -0.25) is 4.79 Å². The minimum Gasteiger partial charge on any atom is -0.353 e. The summed E-state index contributed by atoms with van der Waals surface area (Å²) in [5.74, 6) is -0.378. The molecule has 0 saturated carbocycles. The van der Waals surface area contributed by atoms with Gasteiger partial charge < -0.3 is 5.32 Å². The van der Waals surface area contributed by atoms with E-state index in [-0.39, 0.29) is 11.7 Å². The Morgan fingerprint density at radius 3 is 2.57 bits per heavy atom. The molecule has 6 heteroatoms. The van der Waals surface area contributed by atoms with Crippen molar-refractivity contribution in [3.8, 4) is 6.07 Å². The highest BCUT2D eigenvalue weighted by atomic mass is 35.5. The van der Waals surface area contributed by atoms with E-state index in [0.717, 1.165) is 21.4 Å². The molecule has 23 heavy (non-hydrogen) atoms. The molecule has 0 bridgehead atoms. The van der Waals surface area contributed by atoms with E-state index in [1.165, 1.54) is 0 Å². The van der Waals surface area contributed by atoms with Gasteiger partial charge >= 0.3 is 0 Å². The highest BCUT2D eigenvalue weighted by Gasteiger charge is 2.32. The first-order valence-corrected chi connectivity index (χ1v) is 9.75. The minimum absolute atomic E-state index is 0.0309. The van der Waals surface area contributed by atoms with Gasteiger partial charge in [-0.05, 0) is 37.8 Å². The number of Topliss-reactive ketones (excluding diaryl/α,β-unsaturated/α-hetero) is 1. The number of halogens is 1. The Labute approximate surface area is 150 Å². The lowest BCUT2D eigenvalue weighted by Gasteiger charge is -2.29. The number of allylic oxidation sites excluding steroid dienone is 3. The van der Waals surface area contributed by atoms with E-state index >= 15 is 0 Å². The number of carbonyl (C=O) groups excluding carboxylic acids is 1. The number of hydrogen-bond donors (Lipinski definition) is 1. The standard InChI is InChI=1S/C17H17ClN2OS2/c1-10-15(11(2)21)16(12-4-6-13(18)7-5-12)14(8-19)17(20-10)23-9-22-3/h4-7,16,20H,9H2,1-3H3/t16-/m0/s1. The zero-order valence-corrected chi connectivity index (χ0v) is 15.5. The molecule has 0 unspecified atom stereocenters. The van der Waals surface area contributed by atoms with Crippen molar-refractivity contribution in [1.82, 2.24) is 5.32 Å². The van der Waals surface area contributed by atoms with Crippen molar-refractivity contribution in [2.75, 3.05) is 11.3 Å². The van der Waals surface area contributed by atoms with Crippen LogP contribution in [0, 0.1) is 11.3 Å². The van der Waals surface area contributed by atoms with Crippen molar-refractivity contribution < 1.29 is 4.79 Å². The molecule has 1 N–H and O–H groups in total. The quantitative estimate of drug-likeness (QED) is 0.769. The Morgan fingerprint density at radius 2 is 2.04 bits per heavy atom. The molecule has 0 amide bonds. The number of ketones is 1. The van der Waals surface area contributed by atoms with E-state index in [0.29, 0.717) is 16.2 Å². The van der Waals surface area contributed by atoms with Crippen molar-refractivity contribution in [1.29, 1.82) is 5.26 Å². The van der Waals surface area contributed by atoms with Crippen molar-refractivity contribution in [2.24, 2.45) is 0 Å². The van der Waals surface area contributed by atoms with E-state index in [2.05, 4.69) is 11.4 Å². The van der Waals surface area contributed by atoms with Crippen LogP contribution in [0.2, 0.25) is 5.02 Å². The molecule has 0 fully saturated rings. The smallest absolute Gasteiger partial charge is 0.158 e. The Kier molecular flexibility index (Phi) is 6.23. The maximum atomic E-state index is 12.2. The second-order valence-corrected chi connectivity index (χ2v) is 7.76. The number of benzene rings is 1. The van der Waals surface area contributed by atoms with Gasteiger partial charge in [0, 0.05) is 21.4 Å². The van der Waals surface area contributed by atoms with Crippen LogP contribution in [0.3, 0.4) is 0 Å². The molecular formula is C17H17ClN2OS2. The average Bonchev–Trinajstić information content (AvgIpc) is 2.52. The third kappa shape index (κ3) is 3.95. The maximum absolute atomic E-state index is 12.2. The van der Waals surface area contributed by atoms with E-state index < -0.39 is 0 Å². The number of dihydropyridines is 1. The number of nitrogens with one attached hydrogen (secondary N) is 1. The van der Waals surface area contributed by atoms with Crippen molar-refractivity contribution in [3.05, 3.63) is 56.7 Å². The number of carbonyl (C=O) groups is 1. The van der Waals surface area contributed by atoms with Crippen LogP contribution in [0.5, 0.6) is 0 Å². The number of hydrogen-bond acceptors (Lipinski definition) is 5. The van der Waals surface area contributed by atoms with Gasteiger partial charge in [-0.25, -0.2) is 0 Å². The lowest BCUT2D eigenvalue weighted by atomic mass is 9.81. The fourth-order valence-corrected chi connectivity index (χ4v) is 4.21. The summed E-state index contributed by atoms with van der Waals surface area (Å²) in [5, 5.41) is 15.2. The van der Waals surface area contributed by atoms with E-state index in [9.17, 15) is 10.1 Å². The van der Waals surface area contributed by atoms with Crippen LogP contribution < -0.4 is 5.32 Å². The molecule has 0 aromatic heterocycles. The third-order valence-electron chi connectivity index (χ3n) is 3.55. The van der Waals surface area contributed by atoms with Crippen LogP contribution in [-0.4, -0.2) is 17.1 Å². The van der Waals surface area contributed by atoms with Crippen LogP contribution in [0.4, 0.5) is 0 Å². The molecule has 3 nitrogen and oxygen atoms in total. The summed E-state index contributed by atoms with van der Waals surface area (Å²) < 4.78 is 0. The molecule has 2 rings (SSSR count). The number of rotatable bonds is 5.